The third kappa shape index (κ3) is 9.10. The quantitative estimate of drug-likeness (QED) is 0.430. The van der Waals surface area contributed by atoms with Crippen molar-refractivity contribution >= 4 is 11.8 Å². The number of nitrogens with one attached hydrogen (secondary N) is 4. The third-order valence-electron chi connectivity index (χ3n) is 1.98. The minimum Gasteiger partial charge on any atom is -0.365 e. The van der Waals surface area contributed by atoms with E-state index in [1.165, 1.54) is 18.2 Å². The van der Waals surface area contributed by atoms with Gasteiger partial charge in [-0.3, -0.25) is 5.32 Å². The van der Waals surface area contributed by atoms with Gasteiger partial charge in [0.2, 0.25) is 0 Å². The van der Waals surface area contributed by atoms with Gasteiger partial charge in [-0.05, 0) is 0 Å². The maximum atomic E-state index is 4.83. The van der Waals surface area contributed by atoms with Gasteiger partial charge < -0.3 is 20.7 Å². The Morgan fingerprint density at radius 3 is 1.93 bits per heavy atom. The van der Waals surface area contributed by atoms with Gasteiger partial charge in [-0.25, -0.2) is 0 Å². The second kappa shape index (κ2) is 10.7. The first kappa shape index (κ1) is 13.2. The highest BCUT2D eigenvalue weighted by Crippen LogP contribution is 1.99. The first-order chi connectivity index (χ1) is 7.50. The maximum absolute atomic E-state index is 4.83. The van der Waals surface area contributed by atoms with Crippen LogP contribution in [0.25, 0.3) is 0 Å². The van der Waals surface area contributed by atoms with Crippen LogP contribution >= 0.6 is 11.8 Å². The molecule has 0 radical (unpaired) electrons. The standard InChI is InChI=1S/C3H8N2.C3H7NO.C3H7NS/c3*1-2-5-3-4-1/h4-5H,1-3H2;2*4H,1-3H2. The van der Waals surface area contributed by atoms with Crippen molar-refractivity contribution in [2.45, 2.75) is 0 Å². The van der Waals surface area contributed by atoms with Gasteiger partial charge >= 0.3 is 0 Å². The van der Waals surface area contributed by atoms with Gasteiger partial charge in [-0.15, -0.1) is 11.8 Å². The van der Waals surface area contributed by atoms with Crippen LogP contribution in [0.2, 0.25) is 0 Å². The molecule has 3 fully saturated rings. The Bertz CT molecular complexity index is 80.7. The lowest BCUT2D eigenvalue weighted by atomic mass is 10.7. The highest BCUT2D eigenvalue weighted by Gasteiger charge is 1.93. The molecule has 0 amide bonds. The number of hydrogen-bond acceptors (Lipinski definition) is 6. The molecule has 0 aromatic carbocycles. The van der Waals surface area contributed by atoms with Crippen molar-refractivity contribution in [1.82, 2.24) is 21.3 Å². The molecule has 0 aromatic rings. The summed E-state index contributed by atoms with van der Waals surface area (Å²) in [6.07, 6.45) is 0. The van der Waals surface area contributed by atoms with Crippen molar-refractivity contribution in [3.63, 3.8) is 0 Å². The summed E-state index contributed by atoms with van der Waals surface area (Å²) in [5, 5.41) is 12.4. The molecule has 0 aliphatic carbocycles. The maximum Gasteiger partial charge on any atom is 0.0966 e. The minimum absolute atomic E-state index is 0.750. The van der Waals surface area contributed by atoms with Gasteiger partial charge in [-0.1, -0.05) is 0 Å². The predicted molar refractivity (Wildman–Crippen MR) is 65.0 cm³/mol. The molecule has 5 nitrogen and oxygen atoms in total. The molecule has 0 atom stereocenters. The zero-order chi connectivity index (χ0) is 10.6. The summed E-state index contributed by atoms with van der Waals surface area (Å²) in [4.78, 5) is 0. The summed E-state index contributed by atoms with van der Waals surface area (Å²) in [5.74, 6) is 2.47. The summed E-state index contributed by atoms with van der Waals surface area (Å²) in [6.45, 7) is 7.16. The first-order valence-electron chi connectivity index (χ1n) is 5.48. The summed E-state index contributed by atoms with van der Waals surface area (Å²) >= 11 is 1.96. The van der Waals surface area contributed by atoms with Gasteiger partial charge in [-0.2, -0.15) is 0 Å². The van der Waals surface area contributed by atoms with E-state index in [4.69, 9.17) is 4.74 Å². The van der Waals surface area contributed by atoms with Crippen molar-refractivity contribution in [3.8, 4) is 0 Å². The highest BCUT2D eigenvalue weighted by atomic mass is 32.2. The van der Waals surface area contributed by atoms with Crippen LogP contribution in [0.4, 0.5) is 0 Å². The van der Waals surface area contributed by atoms with E-state index >= 15 is 0 Å². The SMILES string of the molecule is C1CNCN1.C1COCN1.C1CSCN1. The number of rotatable bonds is 0. The second-order valence-corrected chi connectivity index (χ2v) is 4.39. The largest absolute Gasteiger partial charge is 0.365 e. The Morgan fingerprint density at radius 2 is 1.73 bits per heavy atom. The first-order valence-corrected chi connectivity index (χ1v) is 6.64. The fourth-order valence-corrected chi connectivity index (χ4v) is 1.89. The molecular weight excluding hydrogens is 212 g/mol. The van der Waals surface area contributed by atoms with E-state index in [0.717, 1.165) is 39.6 Å². The molecule has 3 aliphatic rings. The van der Waals surface area contributed by atoms with Crippen LogP contribution in [-0.2, 0) is 4.74 Å². The van der Waals surface area contributed by atoms with Crippen LogP contribution in [0.15, 0.2) is 0 Å². The molecule has 6 heteroatoms. The Hall–Kier alpha value is 0.150. The minimum atomic E-state index is 0.750. The molecule has 0 unspecified atom stereocenters. The summed E-state index contributed by atoms with van der Waals surface area (Å²) in [7, 11) is 0. The lowest BCUT2D eigenvalue weighted by molar-refractivity contribution is 0.194. The molecule has 4 N–H and O–H groups in total. The second-order valence-electron chi connectivity index (χ2n) is 3.28. The zero-order valence-corrected chi connectivity index (χ0v) is 10.00. The van der Waals surface area contributed by atoms with Crippen molar-refractivity contribution in [2.24, 2.45) is 0 Å². The summed E-state index contributed by atoms with van der Waals surface area (Å²) in [5.41, 5.74) is 0. The Kier molecular flexibility index (Phi) is 9.39. The van der Waals surface area contributed by atoms with Crippen LogP contribution in [0.3, 0.4) is 0 Å². The van der Waals surface area contributed by atoms with Gasteiger partial charge in [0.25, 0.3) is 0 Å². The molecule has 3 heterocycles. The number of hydrogen-bond donors (Lipinski definition) is 4. The van der Waals surface area contributed by atoms with Gasteiger partial charge in [0, 0.05) is 44.5 Å². The van der Waals surface area contributed by atoms with E-state index < -0.39 is 0 Å². The van der Waals surface area contributed by atoms with Crippen LogP contribution in [0, 0.1) is 0 Å². The molecule has 0 bridgehead atoms. The lowest BCUT2D eigenvalue weighted by Crippen LogP contribution is -2.11. The Morgan fingerprint density at radius 1 is 0.867 bits per heavy atom. The Balaban J connectivity index is 0.000000112. The summed E-state index contributed by atoms with van der Waals surface area (Å²) < 4.78 is 4.83. The average Bonchev–Trinajstić information content (AvgIpc) is 3.09. The predicted octanol–water partition coefficient (Wildman–Crippen LogP) is -1.02. The molecule has 15 heavy (non-hydrogen) atoms. The van der Waals surface area contributed by atoms with E-state index in [-0.39, 0.29) is 0 Å². The topological polar surface area (TPSA) is 57.4 Å². The average molecular weight is 234 g/mol. The molecule has 0 saturated carbocycles. The molecule has 0 aromatic heterocycles. The van der Waals surface area contributed by atoms with Gasteiger partial charge in [0.1, 0.15) is 0 Å². The molecule has 3 aliphatic heterocycles. The third-order valence-corrected chi connectivity index (χ3v) is 2.88. The smallest absolute Gasteiger partial charge is 0.0966 e. The van der Waals surface area contributed by atoms with Crippen LogP contribution in [0.5, 0.6) is 0 Å². The van der Waals surface area contributed by atoms with Gasteiger partial charge in [0.05, 0.1) is 13.3 Å². The van der Waals surface area contributed by atoms with Gasteiger partial charge in [0.15, 0.2) is 0 Å². The molecule has 0 spiro atoms. The van der Waals surface area contributed by atoms with Crippen LogP contribution in [0.1, 0.15) is 0 Å². The lowest BCUT2D eigenvalue weighted by Gasteiger charge is -1.77. The van der Waals surface area contributed by atoms with Crippen molar-refractivity contribution in [3.05, 3.63) is 0 Å². The fourth-order valence-electron chi connectivity index (χ4n) is 1.16. The van der Waals surface area contributed by atoms with E-state index in [0.29, 0.717) is 0 Å². The number of ether oxygens (including phenoxy) is 1. The van der Waals surface area contributed by atoms with E-state index in [1.807, 2.05) is 11.8 Å². The summed E-state index contributed by atoms with van der Waals surface area (Å²) in [6, 6.07) is 0. The normalized spacial score (nSPS) is 24.0. The van der Waals surface area contributed by atoms with Crippen molar-refractivity contribution in [1.29, 1.82) is 0 Å². The monoisotopic (exact) mass is 234 g/mol. The van der Waals surface area contributed by atoms with Crippen molar-refractivity contribution < 1.29 is 4.74 Å². The van der Waals surface area contributed by atoms with Crippen molar-refractivity contribution in [2.75, 3.05) is 57.8 Å². The van der Waals surface area contributed by atoms with Crippen LogP contribution < -0.4 is 21.3 Å². The Labute approximate surface area is 96.1 Å². The van der Waals surface area contributed by atoms with E-state index in [1.54, 1.807) is 0 Å². The molecule has 90 valence electrons. The molecule has 3 rings (SSSR count). The van der Waals surface area contributed by atoms with Crippen LogP contribution in [-0.4, -0.2) is 57.8 Å². The highest BCUT2D eigenvalue weighted by molar-refractivity contribution is 7.99. The fraction of sp³-hybridized carbons (Fsp3) is 1.00. The molecule has 3 saturated heterocycles. The van der Waals surface area contributed by atoms with E-state index in [2.05, 4.69) is 21.3 Å². The van der Waals surface area contributed by atoms with E-state index in [9.17, 15) is 0 Å². The number of thioether (sulfide) groups is 1. The molecular formula is C9H22N4OS. The zero-order valence-electron chi connectivity index (χ0n) is 9.18.